The van der Waals surface area contributed by atoms with Crippen LogP contribution in [-0.2, 0) is 21.4 Å². The number of carbonyl (C=O) groups is 1. The highest BCUT2D eigenvalue weighted by Gasteiger charge is 2.27. The number of nitrogens with zero attached hydrogens (tertiary/aromatic N) is 2. The summed E-state index contributed by atoms with van der Waals surface area (Å²) in [6.07, 6.45) is 1.05. The van der Waals surface area contributed by atoms with E-state index in [1.165, 1.54) is 30.3 Å². The first-order valence-electron chi connectivity index (χ1n) is 9.43. The Balaban J connectivity index is 1.83. The van der Waals surface area contributed by atoms with Crippen LogP contribution < -0.4 is 5.43 Å². The van der Waals surface area contributed by atoms with Gasteiger partial charge in [-0.25, -0.2) is 18.2 Å². The number of sulfonamides is 1. The molecule has 3 aromatic carbocycles. The van der Waals surface area contributed by atoms with E-state index in [1.807, 2.05) is 0 Å². The summed E-state index contributed by atoms with van der Waals surface area (Å²) in [5.41, 5.74) is 2.73. The van der Waals surface area contributed by atoms with Gasteiger partial charge in [-0.05, 0) is 48.0 Å². The molecule has 1 amide bonds. The average molecular weight is 573 g/mol. The van der Waals surface area contributed by atoms with Crippen molar-refractivity contribution in [2.24, 2.45) is 5.10 Å². The van der Waals surface area contributed by atoms with Crippen molar-refractivity contribution in [3.8, 4) is 0 Å². The molecule has 3 aromatic rings. The van der Waals surface area contributed by atoms with Gasteiger partial charge in [-0.3, -0.25) is 4.79 Å². The number of carbonyl (C=O) groups excluding carboxylic acids is 1. The number of benzene rings is 3. The second-order valence-corrected chi connectivity index (χ2v) is 10.4. The Morgan fingerprint density at radius 1 is 1.03 bits per heavy atom. The van der Waals surface area contributed by atoms with Crippen LogP contribution in [0.1, 0.15) is 11.1 Å². The lowest BCUT2D eigenvalue weighted by atomic mass is 10.2. The Labute approximate surface area is 209 Å². The van der Waals surface area contributed by atoms with Crippen LogP contribution in [0.3, 0.4) is 0 Å². The van der Waals surface area contributed by atoms with Gasteiger partial charge in [0.25, 0.3) is 5.91 Å². The van der Waals surface area contributed by atoms with Crippen LogP contribution in [0.5, 0.6) is 0 Å². The Bertz CT molecular complexity index is 1270. The molecule has 0 bridgehead atoms. The first-order chi connectivity index (χ1) is 15.7. The molecular weight excluding hydrogens is 556 g/mol. The minimum Gasteiger partial charge on any atom is -0.272 e. The third-order valence-corrected chi connectivity index (χ3v) is 7.49. The molecule has 1 N–H and O–H groups in total. The molecule has 0 saturated heterocycles. The van der Waals surface area contributed by atoms with Gasteiger partial charge < -0.3 is 0 Å². The van der Waals surface area contributed by atoms with Gasteiger partial charge in [0.1, 0.15) is 5.82 Å². The summed E-state index contributed by atoms with van der Waals surface area (Å²) in [5, 5.41) is 4.18. The zero-order valence-corrected chi connectivity index (χ0v) is 20.8. The predicted octanol–water partition coefficient (Wildman–Crippen LogP) is 5.24. The van der Waals surface area contributed by atoms with Gasteiger partial charge in [-0.15, -0.1) is 0 Å². The Kier molecular flexibility index (Phi) is 8.61. The van der Waals surface area contributed by atoms with Crippen molar-refractivity contribution in [2.45, 2.75) is 11.4 Å². The number of nitrogens with one attached hydrogen (secondary N) is 1. The second kappa shape index (κ2) is 11.2. The van der Waals surface area contributed by atoms with E-state index in [0.29, 0.717) is 15.1 Å². The lowest BCUT2D eigenvalue weighted by Gasteiger charge is -2.22. The quantitative estimate of drug-likeness (QED) is 0.296. The van der Waals surface area contributed by atoms with E-state index in [9.17, 15) is 17.6 Å². The number of hydrogen-bond donors (Lipinski definition) is 1. The van der Waals surface area contributed by atoms with E-state index in [-0.39, 0.29) is 22.0 Å². The van der Waals surface area contributed by atoms with Gasteiger partial charge >= 0.3 is 0 Å². The molecule has 0 spiro atoms. The summed E-state index contributed by atoms with van der Waals surface area (Å²) in [6, 6.07) is 16.9. The SMILES string of the molecule is O=C(CN(Cc1ccccc1Cl)S(=O)(=O)c1ccc(Br)cc1)N/N=C/c1c(F)cccc1Cl. The molecule has 0 heterocycles. The molecule has 33 heavy (non-hydrogen) atoms. The topological polar surface area (TPSA) is 78.8 Å². The average Bonchev–Trinajstić information content (AvgIpc) is 2.77. The molecule has 0 aromatic heterocycles. The van der Waals surface area contributed by atoms with Crippen molar-refractivity contribution in [1.29, 1.82) is 0 Å². The Morgan fingerprint density at radius 2 is 1.70 bits per heavy atom. The molecule has 6 nitrogen and oxygen atoms in total. The predicted molar refractivity (Wildman–Crippen MR) is 130 cm³/mol. The van der Waals surface area contributed by atoms with Gasteiger partial charge in [-0.2, -0.15) is 9.41 Å². The summed E-state index contributed by atoms with van der Waals surface area (Å²) in [7, 11) is -4.06. The Hall–Kier alpha value is -2.30. The van der Waals surface area contributed by atoms with Crippen molar-refractivity contribution in [2.75, 3.05) is 6.54 Å². The van der Waals surface area contributed by atoms with Gasteiger partial charge in [0.15, 0.2) is 0 Å². The third kappa shape index (κ3) is 6.61. The van der Waals surface area contributed by atoms with Crippen molar-refractivity contribution >= 4 is 61.3 Å². The summed E-state index contributed by atoms with van der Waals surface area (Å²) >= 11 is 15.4. The van der Waals surface area contributed by atoms with Gasteiger partial charge in [0, 0.05) is 21.6 Å². The molecule has 0 saturated carbocycles. The van der Waals surface area contributed by atoms with Crippen LogP contribution in [0.4, 0.5) is 4.39 Å². The summed E-state index contributed by atoms with van der Waals surface area (Å²) in [6.45, 7) is -0.694. The molecule has 0 aliphatic carbocycles. The lowest BCUT2D eigenvalue weighted by Crippen LogP contribution is -2.39. The normalized spacial score (nSPS) is 11.8. The van der Waals surface area contributed by atoms with Gasteiger partial charge in [0.2, 0.25) is 10.0 Å². The summed E-state index contributed by atoms with van der Waals surface area (Å²) in [4.78, 5) is 12.5. The minimum absolute atomic E-state index is 0.00475. The number of halogens is 4. The number of hydrazone groups is 1. The molecule has 0 unspecified atom stereocenters. The first kappa shape index (κ1) is 25.3. The molecular formula is C22H17BrCl2FN3O3S. The van der Waals surface area contributed by atoms with Crippen LogP contribution in [0.2, 0.25) is 10.0 Å². The molecule has 0 radical (unpaired) electrons. The van der Waals surface area contributed by atoms with Crippen molar-refractivity contribution in [3.63, 3.8) is 0 Å². The maximum atomic E-state index is 13.8. The third-order valence-electron chi connectivity index (χ3n) is 4.46. The molecule has 0 aliphatic rings. The zero-order valence-electron chi connectivity index (χ0n) is 16.9. The number of rotatable bonds is 8. The Morgan fingerprint density at radius 3 is 2.36 bits per heavy atom. The number of amides is 1. The highest BCUT2D eigenvalue weighted by molar-refractivity contribution is 9.10. The van der Waals surface area contributed by atoms with Crippen LogP contribution in [0.15, 0.2) is 81.2 Å². The largest absolute Gasteiger partial charge is 0.272 e. The van der Waals surface area contributed by atoms with Crippen molar-refractivity contribution < 1.29 is 17.6 Å². The zero-order chi connectivity index (χ0) is 24.0. The standard InChI is InChI=1S/C22H17BrCl2FN3O3S/c23-16-8-10-17(11-9-16)33(31,32)29(13-15-4-1-2-5-19(15)24)14-22(30)28-27-12-18-20(25)6-3-7-21(18)26/h1-12H,13-14H2,(H,28,30)/b27-12+. The van der Waals surface area contributed by atoms with Gasteiger partial charge in [0.05, 0.1) is 22.7 Å². The molecule has 0 atom stereocenters. The van der Waals surface area contributed by atoms with E-state index in [4.69, 9.17) is 23.2 Å². The monoisotopic (exact) mass is 571 g/mol. The summed E-state index contributed by atoms with van der Waals surface area (Å²) in [5.74, 6) is -1.34. The lowest BCUT2D eigenvalue weighted by molar-refractivity contribution is -0.121. The van der Waals surface area contributed by atoms with E-state index < -0.39 is 28.3 Å². The highest BCUT2D eigenvalue weighted by atomic mass is 79.9. The molecule has 0 fully saturated rings. The maximum absolute atomic E-state index is 13.8. The molecule has 172 valence electrons. The highest BCUT2D eigenvalue weighted by Crippen LogP contribution is 2.23. The van der Waals surface area contributed by atoms with Crippen LogP contribution >= 0.6 is 39.1 Å². The van der Waals surface area contributed by atoms with Crippen molar-refractivity contribution in [1.82, 2.24) is 9.73 Å². The van der Waals surface area contributed by atoms with Gasteiger partial charge in [-0.1, -0.05) is 63.4 Å². The minimum atomic E-state index is -4.06. The fraction of sp³-hybridized carbons (Fsp3) is 0.0909. The number of hydrogen-bond acceptors (Lipinski definition) is 4. The summed E-state index contributed by atoms with van der Waals surface area (Å²) < 4.78 is 42.1. The smallest absolute Gasteiger partial charge is 0.255 e. The van der Waals surface area contributed by atoms with E-state index >= 15 is 0 Å². The maximum Gasteiger partial charge on any atom is 0.255 e. The van der Waals surface area contributed by atoms with E-state index in [1.54, 1.807) is 36.4 Å². The second-order valence-electron chi connectivity index (χ2n) is 6.75. The van der Waals surface area contributed by atoms with Crippen LogP contribution in [-0.4, -0.2) is 31.4 Å². The van der Waals surface area contributed by atoms with Crippen molar-refractivity contribution in [3.05, 3.63) is 98.2 Å². The fourth-order valence-electron chi connectivity index (χ4n) is 2.80. The van der Waals surface area contributed by atoms with E-state index in [2.05, 4.69) is 26.5 Å². The molecule has 3 rings (SSSR count). The fourth-order valence-corrected chi connectivity index (χ4v) is 4.84. The molecule has 0 aliphatic heterocycles. The molecule has 11 heteroatoms. The first-order valence-corrected chi connectivity index (χ1v) is 12.4. The van der Waals surface area contributed by atoms with Crippen LogP contribution in [0, 0.1) is 5.82 Å². The van der Waals surface area contributed by atoms with E-state index in [0.717, 1.165) is 10.5 Å². The van der Waals surface area contributed by atoms with Crippen LogP contribution in [0.25, 0.3) is 0 Å².